The Hall–Kier alpha value is -0.660. The minimum Gasteiger partial charge on any atom is -0.387 e. The Kier molecular flexibility index (Phi) is 4.85. The molecule has 78 valence electrons. The molecular formula is C7H11N3O2S2. The zero-order valence-corrected chi connectivity index (χ0v) is 9.32. The molecule has 0 saturated heterocycles. The standard InChI is InChI=1S/C7H11N3O2S2/c1-2-3-13-7-9-6(14-10-7)8-5(12)4-11/h11H,2-4H2,1H3,(H,8,9,10,12). The third kappa shape index (κ3) is 3.60. The van der Waals surface area contributed by atoms with Crippen LogP contribution in [0.1, 0.15) is 13.3 Å². The Bertz CT molecular complexity index is 303. The highest BCUT2D eigenvalue weighted by Crippen LogP contribution is 2.20. The number of aliphatic hydroxyl groups excluding tert-OH is 1. The summed E-state index contributed by atoms with van der Waals surface area (Å²) in [7, 11) is 0. The first kappa shape index (κ1) is 11.4. The number of aliphatic hydroxyl groups is 1. The van der Waals surface area contributed by atoms with Crippen LogP contribution < -0.4 is 5.32 Å². The predicted molar refractivity (Wildman–Crippen MR) is 56.6 cm³/mol. The van der Waals surface area contributed by atoms with Crippen molar-refractivity contribution in [2.75, 3.05) is 17.7 Å². The van der Waals surface area contributed by atoms with Crippen molar-refractivity contribution in [3.8, 4) is 0 Å². The van der Waals surface area contributed by atoms with E-state index < -0.39 is 12.5 Å². The number of thioether (sulfide) groups is 1. The van der Waals surface area contributed by atoms with Gasteiger partial charge in [0.2, 0.25) is 10.3 Å². The second-order valence-electron chi connectivity index (χ2n) is 2.44. The molecule has 1 aromatic heterocycles. The Labute approximate surface area is 90.1 Å². The van der Waals surface area contributed by atoms with Gasteiger partial charge in [0.05, 0.1) is 0 Å². The van der Waals surface area contributed by atoms with Crippen molar-refractivity contribution in [2.45, 2.75) is 18.5 Å². The van der Waals surface area contributed by atoms with Crippen LogP contribution in [-0.4, -0.2) is 32.7 Å². The Morgan fingerprint density at radius 2 is 2.50 bits per heavy atom. The highest BCUT2D eigenvalue weighted by molar-refractivity contribution is 7.99. The highest BCUT2D eigenvalue weighted by atomic mass is 32.2. The van der Waals surface area contributed by atoms with E-state index >= 15 is 0 Å². The van der Waals surface area contributed by atoms with E-state index in [0.29, 0.717) is 10.3 Å². The van der Waals surface area contributed by atoms with Crippen LogP contribution in [0.5, 0.6) is 0 Å². The maximum atomic E-state index is 10.8. The van der Waals surface area contributed by atoms with Crippen LogP contribution in [0, 0.1) is 0 Å². The number of hydrogen-bond donors (Lipinski definition) is 2. The molecule has 1 amide bonds. The van der Waals surface area contributed by atoms with Crippen LogP contribution in [0.2, 0.25) is 0 Å². The molecular weight excluding hydrogens is 222 g/mol. The fraction of sp³-hybridized carbons (Fsp3) is 0.571. The van der Waals surface area contributed by atoms with E-state index in [4.69, 9.17) is 5.11 Å². The number of aromatic nitrogens is 2. The Morgan fingerprint density at radius 3 is 3.14 bits per heavy atom. The van der Waals surface area contributed by atoms with Gasteiger partial charge in [0.25, 0.3) is 5.91 Å². The summed E-state index contributed by atoms with van der Waals surface area (Å²) in [6.45, 7) is 1.55. The molecule has 5 nitrogen and oxygen atoms in total. The average Bonchev–Trinajstić information content (AvgIpc) is 2.62. The quantitative estimate of drug-likeness (QED) is 0.741. The summed E-state index contributed by atoms with van der Waals surface area (Å²) in [4.78, 5) is 14.8. The SMILES string of the molecule is CCCSc1nsc(NC(=O)CO)n1. The molecule has 0 fully saturated rings. The number of carbonyl (C=O) groups excluding carboxylic acids is 1. The van der Waals surface area contributed by atoms with Gasteiger partial charge in [0.15, 0.2) is 0 Å². The highest BCUT2D eigenvalue weighted by Gasteiger charge is 2.06. The lowest BCUT2D eigenvalue weighted by Crippen LogP contribution is -2.15. The fourth-order valence-corrected chi connectivity index (χ4v) is 2.09. The number of nitrogens with one attached hydrogen (secondary N) is 1. The summed E-state index contributed by atoms with van der Waals surface area (Å²) in [5, 5.41) is 12.0. The molecule has 0 aliphatic heterocycles. The van der Waals surface area contributed by atoms with Crippen molar-refractivity contribution in [3.63, 3.8) is 0 Å². The maximum absolute atomic E-state index is 10.8. The van der Waals surface area contributed by atoms with Crippen molar-refractivity contribution < 1.29 is 9.90 Å². The first-order valence-electron chi connectivity index (χ1n) is 4.13. The fourth-order valence-electron chi connectivity index (χ4n) is 0.672. The van der Waals surface area contributed by atoms with Gasteiger partial charge in [-0.3, -0.25) is 10.1 Å². The van der Waals surface area contributed by atoms with Gasteiger partial charge in [0.1, 0.15) is 6.61 Å². The lowest BCUT2D eigenvalue weighted by atomic mass is 10.6. The zero-order valence-electron chi connectivity index (χ0n) is 7.69. The second-order valence-corrected chi connectivity index (χ2v) is 4.25. The predicted octanol–water partition coefficient (Wildman–Crippen LogP) is 0.971. The zero-order chi connectivity index (χ0) is 10.4. The van der Waals surface area contributed by atoms with Gasteiger partial charge in [-0.2, -0.15) is 9.36 Å². The molecule has 0 aliphatic carbocycles. The molecule has 0 radical (unpaired) electrons. The van der Waals surface area contributed by atoms with E-state index in [1.54, 1.807) is 11.8 Å². The van der Waals surface area contributed by atoms with Gasteiger partial charge in [-0.1, -0.05) is 18.7 Å². The van der Waals surface area contributed by atoms with Crippen LogP contribution in [0.25, 0.3) is 0 Å². The summed E-state index contributed by atoms with van der Waals surface area (Å²) in [5.74, 6) is 0.498. The summed E-state index contributed by atoms with van der Waals surface area (Å²) in [6, 6.07) is 0. The van der Waals surface area contributed by atoms with Crippen molar-refractivity contribution >= 4 is 34.3 Å². The number of amides is 1. The first-order chi connectivity index (χ1) is 6.76. The van der Waals surface area contributed by atoms with Crippen LogP contribution in [0.3, 0.4) is 0 Å². The summed E-state index contributed by atoms with van der Waals surface area (Å²) < 4.78 is 4.04. The normalized spacial score (nSPS) is 10.1. The molecule has 0 spiro atoms. The summed E-state index contributed by atoms with van der Waals surface area (Å²) in [5.41, 5.74) is 0. The largest absolute Gasteiger partial charge is 0.387 e. The molecule has 0 aromatic carbocycles. The monoisotopic (exact) mass is 233 g/mol. The molecule has 1 aromatic rings. The van der Waals surface area contributed by atoms with Crippen LogP contribution in [0.4, 0.5) is 5.13 Å². The van der Waals surface area contributed by atoms with Crippen LogP contribution in [0.15, 0.2) is 5.16 Å². The number of nitrogens with zero attached hydrogens (tertiary/aromatic N) is 2. The molecule has 0 atom stereocenters. The Balaban J connectivity index is 2.46. The van der Waals surface area contributed by atoms with Gasteiger partial charge < -0.3 is 5.11 Å². The molecule has 0 bridgehead atoms. The van der Waals surface area contributed by atoms with E-state index in [1.165, 1.54) is 0 Å². The first-order valence-corrected chi connectivity index (χ1v) is 5.89. The molecule has 0 unspecified atom stereocenters. The van der Waals surface area contributed by atoms with Gasteiger partial charge in [-0.25, -0.2) is 0 Å². The average molecular weight is 233 g/mol. The number of carbonyl (C=O) groups is 1. The minimum atomic E-state index is -0.531. The van der Waals surface area contributed by atoms with Crippen molar-refractivity contribution in [1.82, 2.24) is 9.36 Å². The van der Waals surface area contributed by atoms with Crippen molar-refractivity contribution in [3.05, 3.63) is 0 Å². The number of rotatable bonds is 5. The third-order valence-corrected chi connectivity index (χ3v) is 3.03. The van der Waals surface area contributed by atoms with Gasteiger partial charge >= 0.3 is 0 Å². The van der Waals surface area contributed by atoms with E-state index in [9.17, 15) is 4.79 Å². The van der Waals surface area contributed by atoms with Gasteiger partial charge in [-0.15, -0.1) is 0 Å². The van der Waals surface area contributed by atoms with Gasteiger partial charge in [-0.05, 0) is 6.42 Å². The molecule has 1 heterocycles. The summed E-state index contributed by atoms with van der Waals surface area (Å²) >= 11 is 2.67. The van der Waals surface area contributed by atoms with Crippen molar-refractivity contribution in [1.29, 1.82) is 0 Å². The molecule has 2 N–H and O–H groups in total. The second kappa shape index (κ2) is 5.94. The van der Waals surface area contributed by atoms with E-state index in [1.807, 2.05) is 0 Å². The molecule has 0 aliphatic rings. The van der Waals surface area contributed by atoms with Crippen molar-refractivity contribution in [2.24, 2.45) is 0 Å². The summed E-state index contributed by atoms with van der Waals surface area (Å²) in [6.07, 6.45) is 1.06. The third-order valence-electron chi connectivity index (χ3n) is 1.23. The minimum absolute atomic E-state index is 0.433. The lowest BCUT2D eigenvalue weighted by molar-refractivity contribution is -0.118. The molecule has 14 heavy (non-hydrogen) atoms. The molecule has 1 rings (SSSR count). The van der Waals surface area contributed by atoms with Crippen LogP contribution in [-0.2, 0) is 4.79 Å². The van der Waals surface area contributed by atoms with E-state index in [-0.39, 0.29) is 0 Å². The Morgan fingerprint density at radius 1 is 1.71 bits per heavy atom. The van der Waals surface area contributed by atoms with Crippen LogP contribution >= 0.6 is 23.3 Å². The van der Waals surface area contributed by atoms with E-state index in [0.717, 1.165) is 23.7 Å². The number of hydrogen-bond acceptors (Lipinski definition) is 6. The topological polar surface area (TPSA) is 75.1 Å². The van der Waals surface area contributed by atoms with Gasteiger partial charge in [0, 0.05) is 17.3 Å². The smallest absolute Gasteiger partial charge is 0.251 e. The number of anilines is 1. The molecule has 7 heteroatoms. The maximum Gasteiger partial charge on any atom is 0.251 e. The van der Waals surface area contributed by atoms with E-state index in [2.05, 4.69) is 21.6 Å². The lowest BCUT2D eigenvalue weighted by Gasteiger charge is -1.94. The molecule has 0 saturated carbocycles.